The summed E-state index contributed by atoms with van der Waals surface area (Å²) in [6, 6.07) is 10.1. The highest BCUT2D eigenvalue weighted by Gasteiger charge is 2.29. The minimum absolute atomic E-state index is 0.183. The number of urea groups is 1. The number of rotatable bonds is 4. The zero-order valence-corrected chi connectivity index (χ0v) is 18.4. The molecule has 6 nitrogen and oxygen atoms in total. The van der Waals surface area contributed by atoms with Crippen LogP contribution >= 0.6 is 34.5 Å². The number of halogens is 3. The lowest BCUT2D eigenvalue weighted by Crippen LogP contribution is -2.40. The standard InChI is InChI=1S/C21H17Cl2FN4O2S/c22-16-6-1-12(9-17(16)23)19-27-18(11-31-19)20(29)28-8-7-15(10-28)26-21(30)25-14-4-2-13(24)3-5-14/h1-6,9,11,15H,7-8,10H2,(H2,25,26,30). The summed E-state index contributed by atoms with van der Waals surface area (Å²) in [5.41, 5.74) is 1.63. The highest BCUT2D eigenvalue weighted by molar-refractivity contribution is 7.13. The van der Waals surface area contributed by atoms with Gasteiger partial charge in [-0.15, -0.1) is 11.3 Å². The first-order valence-corrected chi connectivity index (χ1v) is 11.1. The third-order valence-corrected chi connectivity index (χ3v) is 6.43. The molecule has 1 atom stereocenters. The lowest BCUT2D eigenvalue weighted by Gasteiger charge is -2.16. The van der Waals surface area contributed by atoms with E-state index in [1.54, 1.807) is 28.5 Å². The molecule has 2 aromatic carbocycles. The van der Waals surface area contributed by atoms with Crippen LogP contribution in [0.4, 0.5) is 14.9 Å². The quantitative estimate of drug-likeness (QED) is 0.534. The Morgan fingerprint density at radius 3 is 2.65 bits per heavy atom. The van der Waals surface area contributed by atoms with Gasteiger partial charge >= 0.3 is 6.03 Å². The van der Waals surface area contributed by atoms with Gasteiger partial charge in [0.25, 0.3) is 5.91 Å². The van der Waals surface area contributed by atoms with E-state index in [-0.39, 0.29) is 17.8 Å². The number of aromatic nitrogens is 1. The first kappa shape index (κ1) is 21.5. The number of hydrogen-bond acceptors (Lipinski definition) is 4. The van der Waals surface area contributed by atoms with Crippen LogP contribution in [0.2, 0.25) is 10.0 Å². The molecule has 1 aromatic heterocycles. The van der Waals surface area contributed by atoms with Crippen LogP contribution in [0, 0.1) is 5.82 Å². The van der Waals surface area contributed by atoms with Gasteiger partial charge in [-0.25, -0.2) is 14.2 Å². The zero-order valence-electron chi connectivity index (χ0n) is 16.1. The highest BCUT2D eigenvalue weighted by atomic mass is 35.5. The maximum atomic E-state index is 13.0. The second-order valence-electron chi connectivity index (χ2n) is 7.01. The van der Waals surface area contributed by atoms with Gasteiger partial charge in [-0.1, -0.05) is 29.3 Å². The van der Waals surface area contributed by atoms with Crippen LogP contribution in [0.1, 0.15) is 16.9 Å². The summed E-state index contributed by atoms with van der Waals surface area (Å²) >= 11 is 13.4. The molecule has 0 bridgehead atoms. The summed E-state index contributed by atoms with van der Waals surface area (Å²) in [5, 5.41) is 8.76. The summed E-state index contributed by atoms with van der Waals surface area (Å²) in [4.78, 5) is 31.1. The molecule has 1 fully saturated rings. The third-order valence-electron chi connectivity index (χ3n) is 4.80. The molecule has 1 aliphatic rings. The monoisotopic (exact) mass is 478 g/mol. The Kier molecular flexibility index (Phi) is 6.41. The molecule has 0 spiro atoms. The van der Waals surface area contributed by atoms with Gasteiger partial charge < -0.3 is 15.5 Å². The molecule has 160 valence electrons. The molecule has 3 aromatic rings. The Balaban J connectivity index is 1.34. The van der Waals surface area contributed by atoms with Gasteiger partial charge in [-0.3, -0.25) is 4.79 Å². The molecular weight excluding hydrogens is 462 g/mol. The van der Waals surface area contributed by atoms with Crippen LogP contribution in [-0.4, -0.2) is 41.0 Å². The lowest BCUT2D eigenvalue weighted by atomic mass is 10.2. The molecule has 0 aliphatic carbocycles. The first-order chi connectivity index (χ1) is 14.9. The summed E-state index contributed by atoms with van der Waals surface area (Å²) in [7, 11) is 0. The number of nitrogens with zero attached hydrogens (tertiary/aromatic N) is 2. The molecule has 1 unspecified atom stereocenters. The first-order valence-electron chi connectivity index (χ1n) is 9.42. The van der Waals surface area contributed by atoms with Crippen molar-refractivity contribution >= 4 is 52.2 Å². The smallest absolute Gasteiger partial charge is 0.319 e. The van der Waals surface area contributed by atoms with Crippen molar-refractivity contribution in [3.05, 3.63) is 69.4 Å². The number of nitrogens with one attached hydrogen (secondary N) is 2. The van der Waals surface area contributed by atoms with Crippen LogP contribution in [0.5, 0.6) is 0 Å². The number of benzene rings is 2. The number of thiazole rings is 1. The van der Waals surface area contributed by atoms with Crippen LogP contribution in [0.15, 0.2) is 47.8 Å². The average Bonchev–Trinajstić information content (AvgIpc) is 3.41. The molecule has 0 radical (unpaired) electrons. The van der Waals surface area contributed by atoms with Crippen molar-refractivity contribution < 1.29 is 14.0 Å². The lowest BCUT2D eigenvalue weighted by molar-refractivity contribution is 0.0784. The van der Waals surface area contributed by atoms with Gasteiger partial charge in [0.05, 0.1) is 10.0 Å². The molecular formula is C21H17Cl2FN4O2S. The maximum absolute atomic E-state index is 13.0. The number of hydrogen-bond donors (Lipinski definition) is 2. The van der Waals surface area contributed by atoms with E-state index in [0.29, 0.717) is 45.9 Å². The Hall–Kier alpha value is -2.68. The van der Waals surface area contributed by atoms with E-state index in [1.807, 2.05) is 0 Å². The van der Waals surface area contributed by atoms with Gasteiger partial charge in [0.2, 0.25) is 0 Å². The predicted molar refractivity (Wildman–Crippen MR) is 120 cm³/mol. The van der Waals surface area contributed by atoms with E-state index in [2.05, 4.69) is 15.6 Å². The van der Waals surface area contributed by atoms with Crippen LogP contribution in [0.3, 0.4) is 0 Å². The molecule has 2 heterocycles. The average molecular weight is 479 g/mol. The predicted octanol–water partition coefficient (Wildman–Crippen LogP) is 5.29. The van der Waals surface area contributed by atoms with Gasteiger partial charge in [-0.2, -0.15) is 0 Å². The van der Waals surface area contributed by atoms with Gasteiger partial charge in [-0.05, 0) is 42.8 Å². The second kappa shape index (κ2) is 9.21. The van der Waals surface area contributed by atoms with E-state index >= 15 is 0 Å². The molecule has 10 heteroatoms. The Morgan fingerprint density at radius 1 is 1.13 bits per heavy atom. The largest absolute Gasteiger partial charge is 0.335 e. The third kappa shape index (κ3) is 5.15. The van der Waals surface area contributed by atoms with Crippen molar-refractivity contribution in [1.29, 1.82) is 0 Å². The fourth-order valence-electron chi connectivity index (χ4n) is 3.24. The Bertz CT molecular complexity index is 1120. The summed E-state index contributed by atoms with van der Waals surface area (Å²) in [5.74, 6) is -0.564. The van der Waals surface area contributed by atoms with Gasteiger partial charge in [0, 0.05) is 35.8 Å². The molecule has 0 saturated carbocycles. The number of anilines is 1. The van der Waals surface area contributed by atoms with Crippen molar-refractivity contribution in [2.24, 2.45) is 0 Å². The van der Waals surface area contributed by atoms with E-state index in [9.17, 15) is 14.0 Å². The van der Waals surface area contributed by atoms with E-state index in [1.165, 1.54) is 35.6 Å². The number of likely N-dealkylation sites (tertiary alicyclic amines) is 1. The fourth-order valence-corrected chi connectivity index (χ4v) is 4.33. The van der Waals surface area contributed by atoms with E-state index in [0.717, 1.165) is 5.56 Å². The maximum Gasteiger partial charge on any atom is 0.319 e. The second-order valence-corrected chi connectivity index (χ2v) is 8.68. The molecule has 1 aliphatic heterocycles. The Labute approximate surface area is 192 Å². The zero-order chi connectivity index (χ0) is 22.0. The van der Waals surface area contributed by atoms with Gasteiger partial charge in [0.15, 0.2) is 0 Å². The van der Waals surface area contributed by atoms with Crippen LogP contribution in [0.25, 0.3) is 10.6 Å². The molecule has 2 N–H and O–H groups in total. The van der Waals surface area contributed by atoms with Crippen molar-refractivity contribution in [3.8, 4) is 10.6 Å². The van der Waals surface area contributed by atoms with Crippen LogP contribution in [-0.2, 0) is 0 Å². The summed E-state index contributed by atoms with van der Waals surface area (Å²) in [6.45, 7) is 0.898. The van der Waals surface area contributed by atoms with E-state index in [4.69, 9.17) is 23.2 Å². The van der Waals surface area contributed by atoms with Crippen molar-refractivity contribution in [2.75, 3.05) is 18.4 Å². The molecule has 3 amide bonds. The molecule has 31 heavy (non-hydrogen) atoms. The number of carbonyl (C=O) groups is 2. The summed E-state index contributed by atoms with van der Waals surface area (Å²) < 4.78 is 13.0. The Morgan fingerprint density at radius 2 is 1.90 bits per heavy atom. The van der Waals surface area contributed by atoms with Crippen molar-refractivity contribution in [2.45, 2.75) is 12.5 Å². The summed E-state index contributed by atoms with van der Waals surface area (Å²) in [6.07, 6.45) is 0.631. The molecule has 1 saturated heterocycles. The van der Waals surface area contributed by atoms with Gasteiger partial charge in [0.1, 0.15) is 16.5 Å². The minimum atomic E-state index is -0.401. The number of amides is 3. The van der Waals surface area contributed by atoms with E-state index < -0.39 is 6.03 Å². The van der Waals surface area contributed by atoms with Crippen molar-refractivity contribution in [3.63, 3.8) is 0 Å². The normalized spacial score (nSPS) is 15.7. The fraction of sp³-hybridized carbons (Fsp3) is 0.190. The van der Waals surface area contributed by atoms with Crippen LogP contribution < -0.4 is 10.6 Å². The highest BCUT2D eigenvalue weighted by Crippen LogP contribution is 2.30. The number of carbonyl (C=O) groups excluding carboxylic acids is 2. The topological polar surface area (TPSA) is 74.3 Å². The SMILES string of the molecule is O=C(Nc1ccc(F)cc1)NC1CCN(C(=O)c2csc(-c3ccc(Cl)c(Cl)c3)n2)C1. The van der Waals surface area contributed by atoms with Crippen molar-refractivity contribution in [1.82, 2.24) is 15.2 Å². The molecule has 4 rings (SSSR count). The minimum Gasteiger partial charge on any atom is -0.335 e.